The number of amides is 1. The van der Waals surface area contributed by atoms with E-state index in [9.17, 15) is 9.18 Å². The second-order valence-corrected chi connectivity index (χ2v) is 8.06. The Balaban J connectivity index is 0.000000161. The summed E-state index contributed by atoms with van der Waals surface area (Å²) in [5.74, 6) is 2.13. The third-order valence-electron chi connectivity index (χ3n) is 5.55. The van der Waals surface area contributed by atoms with Crippen molar-refractivity contribution >= 4 is 5.91 Å². The summed E-state index contributed by atoms with van der Waals surface area (Å²) < 4.78 is 29.7. The summed E-state index contributed by atoms with van der Waals surface area (Å²) in [6.07, 6.45) is 5.78. The van der Waals surface area contributed by atoms with Gasteiger partial charge in [0.2, 0.25) is 6.79 Å². The summed E-state index contributed by atoms with van der Waals surface area (Å²) in [5.41, 5.74) is 0.978. The molecule has 1 amide bonds. The minimum atomic E-state index is -0.514. The van der Waals surface area contributed by atoms with Gasteiger partial charge >= 0.3 is 0 Å². The smallest absolute Gasteiger partial charge is 0.254 e. The highest BCUT2D eigenvalue weighted by atomic mass is 19.1. The molecule has 0 aliphatic carbocycles. The van der Waals surface area contributed by atoms with E-state index < -0.39 is 11.7 Å². The Labute approximate surface area is 198 Å². The summed E-state index contributed by atoms with van der Waals surface area (Å²) in [6, 6.07) is 15.2. The maximum atomic E-state index is 13.3. The highest BCUT2D eigenvalue weighted by molar-refractivity contribution is 5.94. The van der Waals surface area contributed by atoms with Gasteiger partial charge in [0.15, 0.2) is 11.5 Å². The molecule has 3 aromatic rings. The molecule has 1 fully saturated rings. The number of halogens is 1. The van der Waals surface area contributed by atoms with Gasteiger partial charge < -0.3 is 24.8 Å². The highest BCUT2D eigenvalue weighted by Crippen LogP contribution is 2.35. The molecule has 0 spiro atoms. The summed E-state index contributed by atoms with van der Waals surface area (Å²) >= 11 is 0. The molecule has 0 saturated carbocycles. The van der Waals surface area contributed by atoms with E-state index in [-0.39, 0.29) is 5.56 Å². The van der Waals surface area contributed by atoms with Crippen LogP contribution in [0.15, 0.2) is 67.0 Å². The number of piperidine rings is 1. The zero-order chi connectivity index (χ0) is 23.6. The van der Waals surface area contributed by atoms with Gasteiger partial charge in [-0.25, -0.2) is 4.39 Å². The van der Waals surface area contributed by atoms with Crippen molar-refractivity contribution in [3.8, 4) is 17.2 Å². The number of hydrogen-bond acceptors (Lipinski definition) is 6. The summed E-state index contributed by atoms with van der Waals surface area (Å²) in [6.45, 7) is 3.64. The molecule has 1 saturated heterocycles. The fraction of sp³-hybridized carbons (Fsp3) is 0.308. The molecule has 2 aliphatic rings. The Morgan fingerprint density at radius 1 is 1.12 bits per heavy atom. The van der Waals surface area contributed by atoms with Crippen molar-refractivity contribution < 1.29 is 23.4 Å². The van der Waals surface area contributed by atoms with Gasteiger partial charge in [-0.05, 0) is 61.3 Å². The summed E-state index contributed by atoms with van der Waals surface area (Å²) in [7, 11) is 0. The number of carbonyl (C=O) groups is 1. The van der Waals surface area contributed by atoms with Crippen molar-refractivity contribution in [1.82, 2.24) is 15.6 Å². The normalized spacial score (nSPS) is 16.2. The molecular weight excluding hydrogens is 437 g/mol. The number of hydrogen-bond donors (Lipinski definition) is 2. The van der Waals surface area contributed by atoms with Crippen molar-refractivity contribution in [3.63, 3.8) is 0 Å². The van der Waals surface area contributed by atoms with Crippen LogP contribution in [0.3, 0.4) is 0 Å². The van der Waals surface area contributed by atoms with Crippen LogP contribution in [0.5, 0.6) is 17.2 Å². The standard InChI is InChI=1S/C13H11FN2O.C13H17NO3/c14-12-4-2-1-3-11(12)13(17)16-9-10-5-7-15-8-6-10;1-2-10(7-14-5-1)8-15-11-3-4-12-13(6-11)17-9-16-12/h1-8H,9H2,(H,16,17);3-4,6,10,14H,1-2,5,7-9H2. The largest absolute Gasteiger partial charge is 0.493 e. The molecule has 0 bridgehead atoms. The molecule has 0 radical (unpaired) electrons. The van der Waals surface area contributed by atoms with E-state index >= 15 is 0 Å². The SMILES string of the molecule is O=C(NCc1ccncc1)c1ccccc1F.c1cc2c(cc1OCC1CCCNC1)OCO2. The van der Waals surface area contributed by atoms with Crippen LogP contribution in [0, 0.1) is 11.7 Å². The Morgan fingerprint density at radius 2 is 1.94 bits per heavy atom. The number of carbonyl (C=O) groups excluding carboxylic acids is 1. The molecule has 2 N–H and O–H groups in total. The molecule has 8 heteroatoms. The number of ether oxygens (including phenoxy) is 3. The van der Waals surface area contributed by atoms with E-state index in [1.54, 1.807) is 36.7 Å². The van der Waals surface area contributed by atoms with Crippen molar-refractivity contribution in [1.29, 1.82) is 0 Å². The Hall–Kier alpha value is -3.65. The predicted octanol–water partition coefficient (Wildman–Crippen LogP) is 3.94. The topological polar surface area (TPSA) is 81.7 Å². The number of nitrogens with one attached hydrogen (secondary N) is 2. The van der Waals surface area contributed by atoms with Crippen LogP contribution in [0.1, 0.15) is 28.8 Å². The quantitative estimate of drug-likeness (QED) is 0.574. The Bertz CT molecular complexity index is 1070. The van der Waals surface area contributed by atoms with E-state index in [4.69, 9.17) is 14.2 Å². The number of fused-ring (bicyclic) bond motifs is 1. The maximum absolute atomic E-state index is 13.3. The monoisotopic (exact) mass is 465 g/mol. The Morgan fingerprint density at radius 3 is 2.74 bits per heavy atom. The van der Waals surface area contributed by atoms with Gasteiger partial charge in [-0.2, -0.15) is 0 Å². The Kier molecular flexibility index (Phi) is 8.29. The zero-order valence-corrected chi connectivity index (χ0v) is 18.8. The van der Waals surface area contributed by atoms with Gasteiger partial charge in [0.25, 0.3) is 5.91 Å². The third-order valence-corrected chi connectivity index (χ3v) is 5.55. The van der Waals surface area contributed by atoms with E-state index in [1.165, 1.54) is 25.0 Å². The minimum Gasteiger partial charge on any atom is -0.493 e. The summed E-state index contributed by atoms with van der Waals surface area (Å²) in [5, 5.41) is 6.04. The molecule has 34 heavy (non-hydrogen) atoms. The lowest BCUT2D eigenvalue weighted by Crippen LogP contribution is -2.33. The van der Waals surface area contributed by atoms with Gasteiger partial charge in [0, 0.05) is 37.5 Å². The predicted molar refractivity (Wildman–Crippen MR) is 125 cm³/mol. The van der Waals surface area contributed by atoms with Crippen LogP contribution in [0.25, 0.3) is 0 Å². The van der Waals surface area contributed by atoms with Crippen LogP contribution in [-0.4, -0.2) is 37.4 Å². The first-order valence-corrected chi connectivity index (χ1v) is 11.3. The first-order chi connectivity index (χ1) is 16.7. The maximum Gasteiger partial charge on any atom is 0.254 e. The lowest BCUT2D eigenvalue weighted by atomic mass is 10.0. The first-order valence-electron chi connectivity index (χ1n) is 11.3. The molecule has 2 aliphatic heterocycles. The third kappa shape index (κ3) is 6.68. The second kappa shape index (κ2) is 12.0. The van der Waals surface area contributed by atoms with Crippen LogP contribution in [0.2, 0.25) is 0 Å². The van der Waals surface area contributed by atoms with Gasteiger partial charge in [-0.15, -0.1) is 0 Å². The van der Waals surface area contributed by atoms with Gasteiger partial charge in [0.1, 0.15) is 11.6 Å². The molecule has 1 unspecified atom stereocenters. The van der Waals surface area contributed by atoms with Crippen LogP contribution >= 0.6 is 0 Å². The van der Waals surface area contributed by atoms with Crippen molar-refractivity contribution in [2.24, 2.45) is 5.92 Å². The summed E-state index contributed by atoms with van der Waals surface area (Å²) in [4.78, 5) is 15.5. The van der Waals surface area contributed by atoms with Crippen LogP contribution < -0.4 is 24.8 Å². The zero-order valence-electron chi connectivity index (χ0n) is 18.8. The fourth-order valence-electron chi connectivity index (χ4n) is 3.67. The van der Waals surface area contributed by atoms with Gasteiger partial charge in [-0.3, -0.25) is 9.78 Å². The number of rotatable bonds is 6. The molecular formula is C26H28FN3O4. The van der Waals surface area contributed by atoms with Crippen molar-refractivity contribution in [3.05, 3.63) is 83.9 Å². The molecule has 3 heterocycles. The number of pyridine rings is 1. The molecule has 2 aromatic carbocycles. The molecule has 1 aromatic heterocycles. The fourth-order valence-corrected chi connectivity index (χ4v) is 3.67. The van der Waals surface area contributed by atoms with Crippen LogP contribution in [0.4, 0.5) is 4.39 Å². The number of nitrogens with zero attached hydrogens (tertiary/aromatic N) is 1. The average Bonchev–Trinajstić information content (AvgIpc) is 3.36. The number of aromatic nitrogens is 1. The van der Waals surface area contributed by atoms with E-state index in [0.29, 0.717) is 19.3 Å². The first kappa shape index (κ1) is 23.5. The van der Waals surface area contributed by atoms with Crippen molar-refractivity contribution in [2.75, 3.05) is 26.5 Å². The van der Waals surface area contributed by atoms with Crippen LogP contribution in [-0.2, 0) is 6.54 Å². The molecule has 1 atom stereocenters. The lowest BCUT2D eigenvalue weighted by molar-refractivity contribution is 0.0947. The average molecular weight is 466 g/mol. The van der Waals surface area contributed by atoms with Crippen molar-refractivity contribution in [2.45, 2.75) is 19.4 Å². The van der Waals surface area contributed by atoms with E-state index in [1.807, 2.05) is 18.2 Å². The lowest BCUT2D eigenvalue weighted by Gasteiger charge is -2.22. The number of benzene rings is 2. The molecule has 178 valence electrons. The van der Waals surface area contributed by atoms with E-state index in [2.05, 4.69) is 15.6 Å². The highest BCUT2D eigenvalue weighted by Gasteiger charge is 2.16. The van der Waals surface area contributed by atoms with E-state index in [0.717, 1.165) is 42.5 Å². The second-order valence-electron chi connectivity index (χ2n) is 8.06. The minimum absolute atomic E-state index is 0.0570. The molecule has 5 rings (SSSR count). The van der Waals surface area contributed by atoms with Gasteiger partial charge in [-0.1, -0.05) is 12.1 Å². The van der Waals surface area contributed by atoms with Gasteiger partial charge in [0.05, 0.1) is 12.2 Å². The molecule has 7 nitrogen and oxygen atoms in total.